The highest BCUT2D eigenvalue weighted by molar-refractivity contribution is 5.54. The maximum atomic E-state index is 11.2. The van der Waals surface area contributed by atoms with Gasteiger partial charge in [0, 0.05) is 12.5 Å². The lowest BCUT2D eigenvalue weighted by atomic mass is 9.90. The molecule has 10 unspecified atom stereocenters. The summed E-state index contributed by atoms with van der Waals surface area (Å²) in [5, 5.41) is 79.6. The minimum atomic E-state index is -1.76. The summed E-state index contributed by atoms with van der Waals surface area (Å²) >= 11 is 0. The summed E-state index contributed by atoms with van der Waals surface area (Å²) in [6.07, 6.45) is -14.8. The lowest BCUT2D eigenvalue weighted by Crippen LogP contribution is -2.63. The van der Waals surface area contributed by atoms with Gasteiger partial charge in [-0.3, -0.25) is 0 Å². The summed E-state index contributed by atoms with van der Waals surface area (Å²) in [6, 6.07) is 13.6. The highest BCUT2D eigenvalue weighted by Gasteiger charge is 2.50. The number of aromatic nitrogens is 2. The van der Waals surface area contributed by atoms with E-state index in [-0.39, 0.29) is 0 Å². The zero-order chi connectivity index (χ0) is 29.3. The second-order valence-electron chi connectivity index (χ2n) is 9.88. The van der Waals surface area contributed by atoms with Crippen molar-refractivity contribution in [2.24, 2.45) is 0 Å². The normalized spacial score (nSPS) is 34.0. The van der Waals surface area contributed by atoms with Crippen molar-refractivity contribution >= 4 is 0 Å². The van der Waals surface area contributed by atoms with Crippen LogP contribution in [0.5, 0.6) is 11.5 Å². The monoisotopic (exact) mass is 576 g/mol. The molecular formula is C27H32N2O12. The first-order valence-corrected chi connectivity index (χ1v) is 13.0. The Balaban J connectivity index is 1.33. The summed E-state index contributed by atoms with van der Waals surface area (Å²) in [5.74, 6) is 1.72. The molecule has 0 spiro atoms. The van der Waals surface area contributed by atoms with Crippen LogP contribution in [0.15, 0.2) is 52.9 Å². The Hall–Kier alpha value is -3.02. The van der Waals surface area contributed by atoms with E-state index in [1.165, 1.54) is 0 Å². The van der Waals surface area contributed by atoms with Gasteiger partial charge in [-0.05, 0) is 42.0 Å². The van der Waals surface area contributed by atoms with Crippen LogP contribution in [0.1, 0.15) is 17.6 Å². The number of hydrogen-bond donors (Lipinski definition) is 7. The standard InChI is InChI=1S/C27H32N2O12/c1-12-28-29-26(37-12)13-5-7-15(8-6-13)38-16-4-2-3-14(9-16)24-23(36)25(20(33)18(11-31)39-24)41-27-22(35)21(34)19(32)17(10-30)40-27/h2-9,17-25,27,30-36H,10-11H2,1H3. The number of aliphatic hydroxyl groups excluding tert-OH is 7. The number of rotatable bonds is 8. The van der Waals surface area contributed by atoms with Gasteiger partial charge in [0.15, 0.2) is 6.29 Å². The van der Waals surface area contributed by atoms with Crippen LogP contribution in [0, 0.1) is 6.92 Å². The van der Waals surface area contributed by atoms with Crippen LogP contribution in [0.3, 0.4) is 0 Å². The summed E-state index contributed by atoms with van der Waals surface area (Å²) in [7, 11) is 0. The molecule has 0 aliphatic carbocycles. The first-order valence-electron chi connectivity index (χ1n) is 13.0. The van der Waals surface area contributed by atoms with Crippen molar-refractivity contribution in [3.63, 3.8) is 0 Å². The van der Waals surface area contributed by atoms with Gasteiger partial charge in [0.25, 0.3) is 0 Å². The highest BCUT2D eigenvalue weighted by atomic mass is 16.7. The smallest absolute Gasteiger partial charge is 0.247 e. The van der Waals surface area contributed by atoms with Crippen LogP contribution in [-0.2, 0) is 14.2 Å². The number of nitrogens with zero attached hydrogens (tertiary/aromatic N) is 2. The van der Waals surface area contributed by atoms with E-state index in [9.17, 15) is 35.7 Å². The molecule has 0 amide bonds. The summed E-state index contributed by atoms with van der Waals surface area (Å²) in [4.78, 5) is 0. The van der Waals surface area contributed by atoms with Crippen LogP contribution >= 0.6 is 0 Å². The fourth-order valence-electron chi connectivity index (χ4n) is 4.83. The van der Waals surface area contributed by atoms with Gasteiger partial charge in [-0.2, -0.15) is 0 Å². The quantitative estimate of drug-likeness (QED) is 0.174. The number of benzene rings is 2. The van der Waals surface area contributed by atoms with Gasteiger partial charge in [0.2, 0.25) is 11.8 Å². The van der Waals surface area contributed by atoms with Crippen molar-refractivity contribution in [3.05, 3.63) is 60.0 Å². The lowest BCUT2D eigenvalue weighted by molar-refractivity contribution is -0.342. The Bertz CT molecular complexity index is 1290. The van der Waals surface area contributed by atoms with Gasteiger partial charge in [0.1, 0.15) is 66.4 Å². The fourth-order valence-corrected chi connectivity index (χ4v) is 4.83. The van der Waals surface area contributed by atoms with E-state index in [4.69, 9.17) is 23.4 Å². The first kappa shape index (κ1) is 29.5. The van der Waals surface area contributed by atoms with Gasteiger partial charge in [0.05, 0.1) is 13.2 Å². The van der Waals surface area contributed by atoms with Crippen LogP contribution in [0.25, 0.3) is 11.5 Å². The van der Waals surface area contributed by atoms with Crippen LogP contribution in [0.4, 0.5) is 0 Å². The molecule has 3 heterocycles. The molecule has 0 radical (unpaired) electrons. The van der Waals surface area contributed by atoms with E-state index in [0.717, 1.165) is 0 Å². The van der Waals surface area contributed by atoms with E-state index in [0.29, 0.717) is 34.4 Å². The van der Waals surface area contributed by atoms with Crippen molar-refractivity contribution in [3.8, 4) is 23.0 Å². The number of ether oxygens (including phenoxy) is 4. The molecular weight excluding hydrogens is 544 g/mol. The molecule has 2 aromatic carbocycles. The van der Waals surface area contributed by atoms with E-state index >= 15 is 0 Å². The minimum Gasteiger partial charge on any atom is -0.457 e. The highest BCUT2D eigenvalue weighted by Crippen LogP contribution is 2.37. The third kappa shape index (κ3) is 6.12. The average molecular weight is 577 g/mol. The molecule has 2 aliphatic rings. The predicted molar refractivity (Wildman–Crippen MR) is 136 cm³/mol. The molecule has 10 atom stereocenters. The van der Waals surface area contributed by atoms with Crippen molar-refractivity contribution in [2.45, 2.75) is 68.1 Å². The van der Waals surface area contributed by atoms with Crippen molar-refractivity contribution in [1.29, 1.82) is 0 Å². The van der Waals surface area contributed by atoms with Crippen LogP contribution in [-0.4, -0.2) is 114 Å². The van der Waals surface area contributed by atoms with E-state index in [2.05, 4.69) is 10.2 Å². The van der Waals surface area contributed by atoms with E-state index in [1.807, 2.05) is 0 Å². The molecule has 14 heteroatoms. The summed E-state index contributed by atoms with van der Waals surface area (Å²) < 4.78 is 28.2. The predicted octanol–water partition coefficient (Wildman–Crippen LogP) is -0.824. The fraction of sp³-hybridized carbons (Fsp3) is 0.481. The Morgan fingerprint density at radius 1 is 0.756 bits per heavy atom. The second kappa shape index (κ2) is 12.5. The number of aliphatic hydroxyl groups is 7. The van der Waals surface area contributed by atoms with Crippen molar-refractivity contribution < 1.29 is 59.1 Å². The maximum Gasteiger partial charge on any atom is 0.247 e. The van der Waals surface area contributed by atoms with Crippen LogP contribution in [0.2, 0.25) is 0 Å². The number of hydrogen-bond acceptors (Lipinski definition) is 14. The molecule has 3 aromatic rings. The topological polar surface area (TPSA) is 217 Å². The SMILES string of the molecule is Cc1nnc(-c2ccc(Oc3cccc(C4OC(CO)C(O)C(OC5OC(CO)C(O)C(O)C5O)C4O)c3)cc2)o1. The van der Waals surface area contributed by atoms with Crippen LogP contribution < -0.4 is 4.74 Å². The Kier molecular flexibility index (Phi) is 8.96. The Morgan fingerprint density at radius 2 is 1.46 bits per heavy atom. The minimum absolute atomic E-state index is 0.376. The lowest BCUT2D eigenvalue weighted by Gasteiger charge is -2.46. The zero-order valence-corrected chi connectivity index (χ0v) is 21.9. The molecule has 2 fully saturated rings. The molecule has 2 aliphatic heterocycles. The van der Waals surface area contributed by atoms with Gasteiger partial charge < -0.3 is 59.1 Å². The Labute approximate surface area is 233 Å². The largest absolute Gasteiger partial charge is 0.457 e. The molecule has 2 saturated heterocycles. The molecule has 0 saturated carbocycles. The zero-order valence-electron chi connectivity index (χ0n) is 21.9. The Morgan fingerprint density at radius 3 is 2.12 bits per heavy atom. The number of aryl methyl sites for hydroxylation is 1. The van der Waals surface area contributed by atoms with Crippen molar-refractivity contribution in [2.75, 3.05) is 13.2 Å². The molecule has 0 bridgehead atoms. The second-order valence-corrected chi connectivity index (χ2v) is 9.88. The average Bonchev–Trinajstić information content (AvgIpc) is 3.42. The molecule has 1 aromatic heterocycles. The van der Waals surface area contributed by atoms with Gasteiger partial charge >= 0.3 is 0 Å². The van der Waals surface area contributed by atoms with Gasteiger partial charge in [-0.1, -0.05) is 12.1 Å². The first-order chi connectivity index (χ1) is 19.7. The maximum absolute atomic E-state index is 11.2. The molecule has 222 valence electrons. The van der Waals surface area contributed by atoms with E-state index in [1.54, 1.807) is 55.5 Å². The summed E-state index contributed by atoms with van der Waals surface area (Å²) in [6.45, 7) is 0.389. The molecule has 5 rings (SSSR count). The molecule has 41 heavy (non-hydrogen) atoms. The third-order valence-corrected chi connectivity index (χ3v) is 7.05. The van der Waals surface area contributed by atoms with Gasteiger partial charge in [-0.15, -0.1) is 10.2 Å². The third-order valence-electron chi connectivity index (χ3n) is 7.05. The summed E-state index contributed by atoms with van der Waals surface area (Å²) in [5.41, 5.74) is 1.14. The van der Waals surface area contributed by atoms with Crippen molar-refractivity contribution in [1.82, 2.24) is 10.2 Å². The van der Waals surface area contributed by atoms with Gasteiger partial charge in [-0.25, -0.2) is 0 Å². The molecule has 14 nitrogen and oxygen atoms in total. The molecule has 7 N–H and O–H groups in total. The van der Waals surface area contributed by atoms with E-state index < -0.39 is 74.4 Å².